The largest absolute Gasteiger partial charge is 0.493 e. The van der Waals surface area contributed by atoms with E-state index in [0.717, 1.165) is 22.4 Å². The minimum absolute atomic E-state index is 0.225. The molecule has 0 radical (unpaired) electrons. The fraction of sp³-hybridized carbons (Fsp3) is 0.231. The van der Waals surface area contributed by atoms with Gasteiger partial charge in [-0.2, -0.15) is 0 Å². The summed E-state index contributed by atoms with van der Waals surface area (Å²) in [6, 6.07) is 19.7. The van der Waals surface area contributed by atoms with E-state index < -0.39 is 16.1 Å². The summed E-state index contributed by atoms with van der Waals surface area (Å²) >= 11 is 0. The molecule has 1 heterocycles. The summed E-state index contributed by atoms with van der Waals surface area (Å²) < 4.78 is 39.5. The molecule has 3 aromatic rings. The molecule has 1 N–H and O–H groups in total. The van der Waals surface area contributed by atoms with Crippen LogP contribution in [0.4, 0.5) is 5.69 Å². The summed E-state index contributed by atoms with van der Waals surface area (Å²) in [6.45, 7) is 1.93. The van der Waals surface area contributed by atoms with Crippen molar-refractivity contribution < 1.29 is 17.9 Å². The maximum atomic E-state index is 13.7. The lowest BCUT2D eigenvalue weighted by molar-refractivity contribution is 0.347. The van der Waals surface area contributed by atoms with Crippen molar-refractivity contribution in [2.45, 2.75) is 17.9 Å². The molecule has 1 aliphatic rings. The predicted octanol–water partition coefficient (Wildman–Crippen LogP) is 4.37. The molecule has 0 saturated heterocycles. The average Bonchev–Trinajstić information content (AvgIpc) is 3.30. The number of anilines is 1. The number of ether oxygens (including phenoxy) is 2. The number of hydrazine groups is 1. The Hall–Kier alpha value is -3.49. The second-order valence-corrected chi connectivity index (χ2v) is 10.1. The van der Waals surface area contributed by atoms with Crippen molar-refractivity contribution in [2.75, 3.05) is 33.2 Å². The molecule has 0 fully saturated rings. The van der Waals surface area contributed by atoms with Crippen LogP contribution in [0.3, 0.4) is 0 Å². The molecule has 34 heavy (non-hydrogen) atoms. The van der Waals surface area contributed by atoms with Crippen LogP contribution in [0.2, 0.25) is 0 Å². The molecule has 0 spiro atoms. The van der Waals surface area contributed by atoms with Gasteiger partial charge in [0.1, 0.15) is 0 Å². The van der Waals surface area contributed by atoms with E-state index in [1.807, 2.05) is 68.4 Å². The van der Waals surface area contributed by atoms with Gasteiger partial charge in [0.15, 0.2) is 11.5 Å². The van der Waals surface area contributed by atoms with E-state index in [4.69, 9.17) is 9.47 Å². The third-order valence-corrected chi connectivity index (χ3v) is 7.54. The Labute approximate surface area is 201 Å². The summed E-state index contributed by atoms with van der Waals surface area (Å²) in [6.07, 6.45) is 1.91. The molecule has 1 atom stereocenters. The first-order chi connectivity index (χ1) is 16.2. The van der Waals surface area contributed by atoms with E-state index in [-0.39, 0.29) is 4.90 Å². The molecule has 178 valence electrons. The molecule has 8 heteroatoms. The topological polar surface area (TPSA) is 71.1 Å². The van der Waals surface area contributed by atoms with Gasteiger partial charge in [-0.15, -0.1) is 4.41 Å². The first-order valence-corrected chi connectivity index (χ1v) is 12.3. The summed E-state index contributed by atoms with van der Waals surface area (Å²) in [7, 11) is 3.24. The molecular formula is C26H29N3O4S. The number of hydrogen-bond acceptors (Lipinski definition) is 6. The van der Waals surface area contributed by atoms with Crippen molar-refractivity contribution in [3.63, 3.8) is 0 Å². The van der Waals surface area contributed by atoms with Gasteiger partial charge in [-0.25, -0.2) is 8.42 Å². The maximum absolute atomic E-state index is 13.7. The number of aryl methyl sites for hydroxylation is 1. The number of sulfonamides is 1. The lowest BCUT2D eigenvalue weighted by Crippen LogP contribution is -2.39. The number of rotatable bonds is 7. The summed E-state index contributed by atoms with van der Waals surface area (Å²) in [4.78, 5) is 2.23. The second-order valence-electron chi connectivity index (χ2n) is 8.31. The highest BCUT2D eigenvalue weighted by Crippen LogP contribution is 2.38. The Balaban J connectivity index is 1.78. The first-order valence-electron chi connectivity index (χ1n) is 10.8. The van der Waals surface area contributed by atoms with Crippen molar-refractivity contribution in [1.82, 2.24) is 9.84 Å². The van der Waals surface area contributed by atoms with Crippen molar-refractivity contribution in [3.05, 3.63) is 89.5 Å². The molecular weight excluding hydrogens is 450 g/mol. The smallest absolute Gasteiger partial charge is 0.260 e. The molecule has 1 aliphatic heterocycles. The van der Waals surface area contributed by atoms with Crippen molar-refractivity contribution in [2.24, 2.45) is 0 Å². The van der Waals surface area contributed by atoms with Gasteiger partial charge in [0.2, 0.25) is 0 Å². The fourth-order valence-corrected chi connectivity index (χ4v) is 5.26. The first kappa shape index (κ1) is 23.7. The third kappa shape index (κ3) is 4.47. The number of methoxy groups -OCH3 is 2. The van der Waals surface area contributed by atoms with Gasteiger partial charge in [0.05, 0.1) is 30.9 Å². The van der Waals surface area contributed by atoms with Crippen LogP contribution < -0.4 is 19.8 Å². The lowest BCUT2D eigenvalue weighted by Gasteiger charge is -2.25. The molecule has 0 aliphatic carbocycles. The fourth-order valence-electron chi connectivity index (χ4n) is 3.85. The van der Waals surface area contributed by atoms with Crippen LogP contribution >= 0.6 is 0 Å². The number of benzene rings is 3. The van der Waals surface area contributed by atoms with Crippen LogP contribution in [0.5, 0.6) is 11.5 Å². The standard InChI is InChI=1S/C26H29N3O4S/c1-18-6-13-22(14-7-18)34(30,31)29-24(19-8-11-21(12-9-19)28(2)3)17-23(27-29)20-10-15-25(32-4)26(16-20)33-5/h6-17,24,27H,1-5H3/t24-/m0/s1. The van der Waals surface area contributed by atoms with Crippen molar-refractivity contribution >= 4 is 21.4 Å². The highest BCUT2D eigenvalue weighted by molar-refractivity contribution is 7.89. The van der Waals surface area contributed by atoms with Crippen LogP contribution in [0.15, 0.2) is 77.7 Å². The molecule has 0 aromatic heterocycles. The SMILES string of the molecule is COc1ccc(C2=C[C@@H](c3ccc(N(C)C)cc3)N(S(=O)(=O)c3ccc(C)cc3)N2)cc1OC. The second kappa shape index (κ2) is 9.40. The predicted molar refractivity (Wildman–Crippen MR) is 134 cm³/mol. The van der Waals surface area contributed by atoms with Crippen LogP contribution in [-0.2, 0) is 10.0 Å². The molecule has 0 saturated carbocycles. The highest BCUT2D eigenvalue weighted by atomic mass is 32.2. The van der Waals surface area contributed by atoms with Gasteiger partial charge in [0.25, 0.3) is 10.0 Å². The Kier molecular flexibility index (Phi) is 6.54. The Morgan fingerprint density at radius 3 is 2.12 bits per heavy atom. The van der Waals surface area contributed by atoms with E-state index in [1.165, 1.54) is 4.41 Å². The zero-order valence-electron chi connectivity index (χ0n) is 19.9. The Morgan fingerprint density at radius 1 is 0.882 bits per heavy atom. The van der Waals surface area contributed by atoms with E-state index in [1.54, 1.807) is 44.6 Å². The van der Waals surface area contributed by atoms with Crippen LogP contribution in [0, 0.1) is 6.92 Å². The van der Waals surface area contributed by atoms with Crippen LogP contribution in [0.25, 0.3) is 5.70 Å². The minimum Gasteiger partial charge on any atom is -0.493 e. The molecule has 3 aromatic carbocycles. The van der Waals surface area contributed by atoms with Gasteiger partial charge < -0.3 is 19.8 Å². The van der Waals surface area contributed by atoms with Crippen molar-refractivity contribution in [1.29, 1.82) is 0 Å². The highest BCUT2D eigenvalue weighted by Gasteiger charge is 2.37. The lowest BCUT2D eigenvalue weighted by atomic mass is 10.0. The van der Waals surface area contributed by atoms with Gasteiger partial charge in [-0.05, 0) is 61.0 Å². The zero-order valence-corrected chi connectivity index (χ0v) is 20.8. The summed E-state index contributed by atoms with van der Waals surface area (Å²) in [5.74, 6) is 1.17. The molecule has 0 amide bonds. The molecule has 0 bridgehead atoms. The normalized spacial score (nSPS) is 16.0. The van der Waals surface area contributed by atoms with E-state index in [9.17, 15) is 8.42 Å². The minimum atomic E-state index is -3.84. The Morgan fingerprint density at radius 2 is 1.53 bits per heavy atom. The van der Waals surface area contributed by atoms with Gasteiger partial charge >= 0.3 is 0 Å². The monoisotopic (exact) mass is 479 g/mol. The van der Waals surface area contributed by atoms with E-state index >= 15 is 0 Å². The van der Waals surface area contributed by atoms with Gasteiger partial charge in [0, 0.05) is 25.3 Å². The number of nitrogens with zero attached hydrogens (tertiary/aromatic N) is 2. The Bertz CT molecular complexity index is 1300. The summed E-state index contributed by atoms with van der Waals surface area (Å²) in [5, 5.41) is 0. The van der Waals surface area contributed by atoms with Crippen LogP contribution in [0.1, 0.15) is 22.7 Å². The van der Waals surface area contributed by atoms with Crippen LogP contribution in [-0.4, -0.2) is 41.1 Å². The third-order valence-electron chi connectivity index (χ3n) is 5.83. The zero-order chi connectivity index (χ0) is 24.5. The number of nitrogens with one attached hydrogen (secondary N) is 1. The molecule has 4 rings (SSSR count). The van der Waals surface area contributed by atoms with Gasteiger partial charge in [-0.1, -0.05) is 29.8 Å². The average molecular weight is 480 g/mol. The van der Waals surface area contributed by atoms with E-state index in [2.05, 4.69) is 5.43 Å². The number of hydrogen-bond donors (Lipinski definition) is 1. The van der Waals surface area contributed by atoms with Gasteiger partial charge in [-0.3, -0.25) is 0 Å². The van der Waals surface area contributed by atoms with E-state index in [0.29, 0.717) is 17.2 Å². The maximum Gasteiger partial charge on any atom is 0.260 e. The molecule has 0 unspecified atom stereocenters. The van der Waals surface area contributed by atoms with Crippen molar-refractivity contribution in [3.8, 4) is 11.5 Å². The quantitative estimate of drug-likeness (QED) is 0.543. The molecule has 7 nitrogen and oxygen atoms in total. The summed E-state index contributed by atoms with van der Waals surface area (Å²) in [5.41, 5.74) is 7.47.